The van der Waals surface area contributed by atoms with Gasteiger partial charge >= 0.3 is 0 Å². The Kier molecular flexibility index (Phi) is 6.24. The lowest BCUT2D eigenvalue weighted by Gasteiger charge is -2.12. The van der Waals surface area contributed by atoms with Gasteiger partial charge < -0.3 is 24.4 Å². The number of benzene rings is 2. The number of hydrogen-bond donors (Lipinski definition) is 2. The Labute approximate surface area is 134 Å². The van der Waals surface area contributed by atoms with Crippen LogP contribution < -0.4 is 14.2 Å². The summed E-state index contributed by atoms with van der Waals surface area (Å²) in [6, 6.07) is 13.7. The molecule has 0 aromatic heterocycles. The number of aliphatic hydroxyl groups is 2. The van der Waals surface area contributed by atoms with Crippen molar-refractivity contribution in [2.75, 3.05) is 26.4 Å². The monoisotopic (exact) mass is 315 g/mol. The number of rotatable bonds is 8. The van der Waals surface area contributed by atoms with Crippen molar-refractivity contribution >= 4 is 0 Å². The first-order valence-electron chi connectivity index (χ1n) is 7.05. The van der Waals surface area contributed by atoms with Crippen LogP contribution in [0.1, 0.15) is 5.56 Å². The molecule has 0 saturated carbocycles. The van der Waals surface area contributed by atoms with Gasteiger partial charge in [0, 0.05) is 18.2 Å². The van der Waals surface area contributed by atoms with Gasteiger partial charge in [-0.1, -0.05) is 0 Å². The third-order valence-electron chi connectivity index (χ3n) is 2.79. The van der Waals surface area contributed by atoms with Gasteiger partial charge in [-0.15, -0.1) is 0 Å². The van der Waals surface area contributed by atoms with E-state index in [0.717, 1.165) is 0 Å². The van der Waals surface area contributed by atoms with Crippen LogP contribution in [-0.2, 0) is 0 Å². The first-order valence-corrected chi connectivity index (χ1v) is 7.05. The maximum absolute atomic E-state index is 8.85. The molecular formula is C17H17NO5. The predicted molar refractivity (Wildman–Crippen MR) is 82.8 cm³/mol. The van der Waals surface area contributed by atoms with Crippen LogP contribution in [0.4, 0.5) is 0 Å². The molecule has 23 heavy (non-hydrogen) atoms. The minimum atomic E-state index is -0.104. The highest BCUT2D eigenvalue weighted by molar-refractivity contribution is 5.44. The average molecular weight is 315 g/mol. The number of aliphatic hydroxyl groups excluding tert-OH is 2. The minimum Gasteiger partial charge on any atom is -0.491 e. The molecule has 0 bridgehead atoms. The normalized spacial score (nSPS) is 9.96. The van der Waals surface area contributed by atoms with E-state index in [1.807, 2.05) is 6.07 Å². The van der Waals surface area contributed by atoms with Crippen LogP contribution in [0.3, 0.4) is 0 Å². The van der Waals surface area contributed by atoms with Crippen LogP contribution in [0.5, 0.6) is 23.0 Å². The second-order valence-corrected chi connectivity index (χ2v) is 4.52. The fraction of sp³-hybridized carbons (Fsp3) is 0.235. The lowest BCUT2D eigenvalue weighted by Crippen LogP contribution is -2.04. The molecule has 2 aromatic rings. The summed E-state index contributed by atoms with van der Waals surface area (Å²) in [6.07, 6.45) is 0. The molecule has 0 aliphatic carbocycles. The number of hydrogen-bond acceptors (Lipinski definition) is 6. The maximum atomic E-state index is 8.85. The minimum absolute atomic E-state index is 0.104. The van der Waals surface area contributed by atoms with E-state index in [-0.39, 0.29) is 26.4 Å². The zero-order valence-corrected chi connectivity index (χ0v) is 12.4. The van der Waals surface area contributed by atoms with Crippen LogP contribution in [-0.4, -0.2) is 36.6 Å². The fourth-order valence-corrected chi connectivity index (χ4v) is 1.83. The molecule has 0 heterocycles. The molecule has 2 aromatic carbocycles. The Morgan fingerprint density at radius 2 is 1.30 bits per heavy atom. The van der Waals surface area contributed by atoms with E-state index in [1.54, 1.807) is 42.5 Å². The summed E-state index contributed by atoms with van der Waals surface area (Å²) >= 11 is 0. The van der Waals surface area contributed by atoms with E-state index >= 15 is 0 Å². The van der Waals surface area contributed by atoms with Gasteiger partial charge in [0.1, 0.15) is 36.2 Å². The van der Waals surface area contributed by atoms with Gasteiger partial charge in [0.05, 0.1) is 24.8 Å². The number of nitrogens with zero attached hydrogens (tertiary/aromatic N) is 1. The summed E-state index contributed by atoms with van der Waals surface area (Å²) in [5.41, 5.74) is 0.546. The third kappa shape index (κ3) is 5.18. The summed E-state index contributed by atoms with van der Waals surface area (Å²) in [5, 5.41) is 26.5. The summed E-state index contributed by atoms with van der Waals surface area (Å²) in [6.45, 7) is 0.0978. The van der Waals surface area contributed by atoms with Crippen LogP contribution >= 0.6 is 0 Å². The molecule has 0 fully saturated rings. The van der Waals surface area contributed by atoms with Gasteiger partial charge in [-0.2, -0.15) is 5.26 Å². The lowest BCUT2D eigenvalue weighted by molar-refractivity contribution is 0.194. The molecule has 0 aliphatic rings. The van der Waals surface area contributed by atoms with Gasteiger partial charge in [-0.3, -0.25) is 0 Å². The van der Waals surface area contributed by atoms with Crippen LogP contribution in [0, 0.1) is 11.3 Å². The Bertz CT molecular complexity index is 637. The molecular weight excluding hydrogens is 298 g/mol. The van der Waals surface area contributed by atoms with E-state index < -0.39 is 0 Å². The SMILES string of the molecule is N#Cc1ccc(Oc2cc(OCCO)cc(OCCO)c2)cc1. The molecule has 0 unspecified atom stereocenters. The molecule has 0 amide bonds. The zero-order chi connectivity index (χ0) is 16.5. The molecule has 0 atom stereocenters. The Morgan fingerprint density at radius 1 is 0.783 bits per heavy atom. The fourth-order valence-electron chi connectivity index (χ4n) is 1.83. The summed E-state index contributed by atoms with van der Waals surface area (Å²) in [4.78, 5) is 0. The molecule has 0 spiro atoms. The molecule has 0 aliphatic heterocycles. The van der Waals surface area contributed by atoms with E-state index in [1.165, 1.54) is 0 Å². The van der Waals surface area contributed by atoms with Gasteiger partial charge in [0.15, 0.2) is 0 Å². The van der Waals surface area contributed by atoms with Crippen molar-refractivity contribution in [2.45, 2.75) is 0 Å². The van der Waals surface area contributed by atoms with Gasteiger partial charge in [0.25, 0.3) is 0 Å². The second kappa shape index (κ2) is 8.63. The number of ether oxygens (including phenoxy) is 3. The quantitative estimate of drug-likeness (QED) is 0.775. The highest BCUT2D eigenvalue weighted by atomic mass is 16.5. The van der Waals surface area contributed by atoms with Crippen LogP contribution in [0.2, 0.25) is 0 Å². The predicted octanol–water partition coefficient (Wildman–Crippen LogP) is 2.09. The molecule has 120 valence electrons. The van der Waals surface area contributed by atoms with Gasteiger partial charge in [-0.05, 0) is 24.3 Å². The topological polar surface area (TPSA) is 91.9 Å². The van der Waals surface area contributed by atoms with Crippen molar-refractivity contribution in [1.82, 2.24) is 0 Å². The van der Waals surface area contributed by atoms with Crippen molar-refractivity contribution in [3.63, 3.8) is 0 Å². The lowest BCUT2D eigenvalue weighted by atomic mass is 10.2. The van der Waals surface area contributed by atoms with Gasteiger partial charge in [0.2, 0.25) is 0 Å². The van der Waals surface area contributed by atoms with E-state index in [2.05, 4.69) is 0 Å². The van der Waals surface area contributed by atoms with Crippen molar-refractivity contribution < 1.29 is 24.4 Å². The van der Waals surface area contributed by atoms with Gasteiger partial charge in [-0.25, -0.2) is 0 Å². The van der Waals surface area contributed by atoms with E-state index in [4.69, 9.17) is 29.7 Å². The molecule has 2 rings (SSSR count). The molecule has 0 saturated heterocycles. The molecule has 0 radical (unpaired) electrons. The first-order chi connectivity index (χ1) is 11.2. The summed E-state index contributed by atoms with van der Waals surface area (Å²) < 4.78 is 16.5. The standard InChI is InChI=1S/C17H17NO5/c18-12-13-1-3-14(4-2-13)23-17-10-15(21-7-5-19)9-16(11-17)22-8-6-20/h1-4,9-11,19-20H,5-8H2. The summed E-state index contributed by atoms with van der Waals surface area (Å²) in [5.74, 6) is 2.02. The smallest absolute Gasteiger partial charge is 0.134 e. The molecule has 6 heteroatoms. The van der Waals surface area contributed by atoms with E-state index in [0.29, 0.717) is 28.6 Å². The molecule has 2 N–H and O–H groups in total. The maximum Gasteiger partial charge on any atom is 0.134 e. The van der Waals surface area contributed by atoms with Crippen molar-refractivity contribution in [2.24, 2.45) is 0 Å². The van der Waals surface area contributed by atoms with Crippen molar-refractivity contribution in [3.05, 3.63) is 48.0 Å². The van der Waals surface area contributed by atoms with Crippen molar-refractivity contribution in [1.29, 1.82) is 5.26 Å². The Balaban J connectivity index is 2.18. The second-order valence-electron chi connectivity index (χ2n) is 4.52. The van der Waals surface area contributed by atoms with Crippen LogP contribution in [0.15, 0.2) is 42.5 Å². The first kappa shape index (κ1) is 16.6. The highest BCUT2D eigenvalue weighted by Gasteiger charge is 2.06. The number of nitriles is 1. The molecule has 6 nitrogen and oxygen atoms in total. The van der Waals surface area contributed by atoms with Crippen LogP contribution in [0.25, 0.3) is 0 Å². The Hall–Kier alpha value is -2.75. The Morgan fingerprint density at radius 3 is 1.78 bits per heavy atom. The largest absolute Gasteiger partial charge is 0.491 e. The third-order valence-corrected chi connectivity index (χ3v) is 2.79. The zero-order valence-electron chi connectivity index (χ0n) is 12.4. The average Bonchev–Trinajstić information content (AvgIpc) is 2.58. The highest BCUT2D eigenvalue weighted by Crippen LogP contribution is 2.31. The summed E-state index contributed by atoms with van der Waals surface area (Å²) in [7, 11) is 0. The van der Waals surface area contributed by atoms with Crippen molar-refractivity contribution in [3.8, 4) is 29.1 Å². The van der Waals surface area contributed by atoms with E-state index in [9.17, 15) is 0 Å².